The third-order valence-electron chi connectivity index (χ3n) is 4.10. The van der Waals surface area contributed by atoms with E-state index in [0.717, 1.165) is 6.42 Å². The van der Waals surface area contributed by atoms with Crippen molar-refractivity contribution in [1.29, 1.82) is 0 Å². The van der Waals surface area contributed by atoms with Crippen LogP contribution in [0.25, 0.3) is 0 Å². The van der Waals surface area contributed by atoms with E-state index in [9.17, 15) is 13.2 Å². The Morgan fingerprint density at radius 3 is 2.17 bits per heavy atom. The summed E-state index contributed by atoms with van der Waals surface area (Å²) in [5.41, 5.74) is 0. The van der Waals surface area contributed by atoms with Crippen molar-refractivity contribution in [2.24, 2.45) is 5.92 Å². The Balaban J connectivity index is 2.15. The predicted octanol–water partition coefficient (Wildman–Crippen LogP) is 2.87. The van der Waals surface area contributed by atoms with E-state index in [2.05, 4.69) is 0 Å². The third kappa shape index (κ3) is 3.82. The zero-order valence-electron chi connectivity index (χ0n) is 13.1. The maximum absolute atomic E-state index is 12.7. The molecule has 1 aliphatic rings. The Hall–Kier alpha value is -0.820. The van der Waals surface area contributed by atoms with Gasteiger partial charge < -0.3 is 4.90 Å². The SMILES string of the molecule is CC[C@H](C)C(=O)N1CCN(S(=O)(=O)c2c(Cl)cccc2Cl)CC1. The maximum atomic E-state index is 12.7. The second kappa shape index (κ2) is 7.38. The number of hydrogen-bond donors (Lipinski definition) is 0. The van der Waals surface area contributed by atoms with Crippen LogP contribution in [0.2, 0.25) is 10.0 Å². The molecule has 1 fully saturated rings. The molecule has 0 aromatic heterocycles. The molecule has 0 bridgehead atoms. The molecule has 2 rings (SSSR count). The molecule has 1 aromatic rings. The highest BCUT2D eigenvalue weighted by atomic mass is 35.5. The van der Waals surface area contributed by atoms with Crippen molar-refractivity contribution in [1.82, 2.24) is 9.21 Å². The van der Waals surface area contributed by atoms with E-state index in [4.69, 9.17) is 23.2 Å². The number of benzene rings is 1. The minimum atomic E-state index is -3.77. The molecule has 1 aromatic carbocycles. The molecule has 0 aliphatic carbocycles. The fraction of sp³-hybridized carbons (Fsp3) is 0.533. The van der Waals surface area contributed by atoms with Gasteiger partial charge in [-0.25, -0.2) is 8.42 Å². The highest BCUT2D eigenvalue weighted by Gasteiger charge is 2.33. The highest BCUT2D eigenvalue weighted by Crippen LogP contribution is 2.31. The smallest absolute Gasteiger partial charge is 0.246 e. The lowest BCUT2D eigenvalue weighted by atomic mass is 10.1. The van der Waals surface area contributed by atoms with Gasteiger partial charge in [-0.05, 0) is 18.6 Å². The summed E-state index contributed by atoms with van der Waals surface area (Å²) in [6.07, 6.45) is 0.770. The number of rotatable bonds is 4. The molecule has 1 atom stereocenters. The van der Waals surface area contributed by atoms with Crippen molar-refractivity contribution in [3.8, 4) is 0 Å². The van der Waals surface area contributed by atoms with E-state index in [1.807, 2.05) is 13.8 Å². The van der Waals surface area contributed by atoms with Gasteiger partial charge in [0.15, 0.2) is 0 Å². The first-order chi connectivity index (χ1) is 10.8. The molecule has 5 nitrogen and oxygen atoms in total. The zero-order chi connectivity index (χ0) is 17.2. The van der Waals surface area contributed by atoms with Gasteiger partial charge in [0.1, 0.15) is 4.90 Å². The first-order valence-corrected chi connectivity index (χ1v) is 9.71. The van der Waals surface area contributed by atoms with E-state index < -0.39 is 10.0 Å². The Morgan fingerprint density at radius 2 is 1.70 bits per heavy atom. The molecule has 1 saturated heterocycles. The summed E-state index contributed by atoms with van der Waals surface area (Å²) in [4.78, 5) is 13.8. The van der Waals surface area contributed by atoms with Crippen LogP contribution in [0.1, 0.15) is 20.3 Å². The van der Waals surface area contributed by atoms with Gasteiger partial charge in [0.25, 0.3) is 0 Å². The number of carbonyl (C=O) groups is 1. The minimum absolute atomic E-state index is 0.0452. The Kier molecular flexibility index (Phi) is 5.94. The number of carbonyl (C=O) groups excluding carboxylic acids is 1. The number of amides is 1. The molecule has 8 heteroatoms. The van der Waals surface area contributed by atoms with E-state index in [-0.39, 0.29) is 39.9 Å². The summed E-state index contributed by atoms with van der Waals surface area (Å²) in [5.74, 6) is 0.0245. The van der Waals surface area contributed by atoms with Gasteiger partial charge in [-0.1, -0.05) is 43.1 Å². The van der Waals surface area contributed by atoms with Crippen LogP contribution in [-0.4, -0.2) is 49.7 Å². The normalized spacial score (nSPS) is 18.0. The number of hydrogen-bond acceptors (Lipinski definition) is 3. The highest BCUT2D eigenvalue weighted by molar-refractivity contribution is 7.89. The molecular weight excluding hydrogens is 359 g/mol. The van der Waals surface area contributed by atoms with Crippen LogP contribution in [0.5, 0.6) is 0 Å². The lowest BCUT2D eigenvalue weighted by molar-refractivity contribution is -0.136. The topological polar surface area (TPSA) is 57.7 Å². The van der Waals surface area contributed by atoms with Gasteiger partial charge in [0, 0.05) is 32.1 Å². The Morgan fingerprint density at radius 1 is 1.17 bits per heavy atom. The van der Waals surface area contributed by atoms with Crippen LogP contribution in [-0.2, 0) is 14.8 Å². The number of halogens is 2. The average Bonchev–Trinajstić information content (AvgIpc) is 2.53. The molecular formula is C15H20Cl2N2O3S. The summed E-state index contributed by atoms with van der Waals surface area (Å²) < 4.78 is 26.8. The van der Waals surface area contributed by atoms with Gasteiger partial charge in [-0.15, -0.1) is 0 Å². The van der Waals surface area contributed by atoms with Crippen LogP contribution in [0, 0.1) is 5.92 Å². The molecule has 23 heavy (non-hydrogen) atoms. The van der Waals surface area contributed by atoms with Gasteiger partial charge in [0.05, 0.1) is 10.0 Å². The summed E-state index contributed by atoms with van der Waals surface area (Å²) in [6.45, 7) is 5.09. The first kappa shape index (κ1) is 18.5. The lowest BCUT2D eigenvalue weighted by Gasteiger charge is -2.35. The van der Waals surface area contributed by atoms with E-state index in [1.165, 1.54) is 16.4 Å². The molecule has 1 amide bonds. The third-order valence-corrected chi connectivity index (χ3v) is 6.96. The molecule has 1 heterocycles. The first-order valence-electron chi connectivity index (χ1n) is 7.52. The van der Waals surface area contributed by atoms with Crippen LogP contribution < -0.4 is 0 Å². The second-order valence-electron chi connectivity index (χ2n) is 5.59. The van der Waals surface area contributed by atoms with Crippen LogP contribution >= 0.6 is 23.2 Å². The quantitative estimate of drug-likeness (QED) is 0.808. The van der Waals surface area contributed by atoms with Crippen LogP contribution in [0.15, 0.2) is 23.1 Å². The van der Waals surface area contributed by atoms with Crippen molar-refractivity contribution in [3.05, 3.63) is 28.2 Å². The van der Waals surface area contributed by atoms with Crippen molar-refractivity contribution >= 4 is 39.1 Å². The molecule has 0 spiro atoms. The predicted molar refractivity (Wildman–Crippen MR) is 91.3 cm³/mol. The van der Waals surface area contributed by atoms with Crippen molar-refractivity contribution < 1.29 is 13.2 Å². The zero-order valence-corrected chi connectivity index (χ0v) is 15.5. The summed E-state index contributed by atoms with van der Waals surface area (Å²) in [5, 5.41) is 0.214. The summed E-state index contributed by atoms with van der Waals surface area (Å²) in [6, 6.07) is 4.61. The summed E-state index contributed by atoms with van der Waals surface area (Å²) >= 11 is 12.0. The van der Waals surface area contributed by atoms with Gasteiger partial charge in [-0.3, -0.25) is 4.79 Å². The molecule has 0 saturated carbocycles. The number of piperazine rings is 1. The van der Waals surface area contributed by atoms with E-state index >= 15 is 0 Å². The fourth-order valence-corrected chi connectivity index (χ4v) is 5.01. The van der Waals surface area contributed by atoms with E-state index in [0.29, 0.717) is 13.1 Å². The summed E-state index contributed by atoms with van der Waals surface area (Å²) in [7, 11) is -3.77. The average molecular weight is 379 g/mol. The molecule has 0 N–H and O–H groups in total. The van der Waals surface area contributed by atoms with E-state index in [1.54, 1.807) is 11.0 Å². The minimum Gasteiger partial charge on any atom is -0.340 e. The van der Waals surface area contributed by atoms with Crippen LogP contribution in [0.4, 0.5) is 0 Å². The number of sulfonamides is 1. The van der Waals surface area contributed by atoms with Crippen molar-refractivity contribution in [2.45, 2.75) is 25.2 Å². The largest absolute Gasteiger partial charge is 0.340 e. The maximum Gasteiger partial charge on any atom is 0.246 e. The standard InChI is InChI=1S/C15H20Cl2N2O3S/c1-3-11(2)15(20)18-7-9-19(10-8-18)23(21,22)14-12(16)5-4-6-13(14)17/h4-6,11H,3,7-10H2,1-2H3/t11-/m0/s1. The fourth-order valence-electron chi connectivity index (χ4n) is 2.49. The van der Waals surface area contributed by atoms with Crippen molar-refractivity contribution in [2.75, 3.05) is 26.2 Å². The Labute approximate surface area is 147 Å². The molecule has 0 unspecified atom stereocenters. The van der Waals surface area contributed by atoms with Gasteiger partial charge >= 0.3 is 0 Å². The molecule has 1 aliphatic heterocycles. The lowest BCUT2D eigenvalue weighted by Crippen LogP contribution is -2.51. The molecule has 0 radical (unpaired) electrons. The number of nitrogens with zero attached hydrogens (tertiary/aromatic N) is 2. The Bertz CT molecular complexity index is 666. The van der Waals surface area contributed by atoms with Crippen molar-refractivity contribution in [3.63, 3.8) is 0 Å². The monoisotopic (exact) mass is 378 g/mol. The second-order valence-corrected chi connectivity index (χ2v) is 8.28. The van der Waals surface area contributed by atoms with Crippen LogP contribution in [0.3, 0.4) is 0 Å². The molecule has 128 valence electrons. The van der Waals surface area contributed by atoms with Gasteiger partial charge in [0.2, 0.25) is 15.9 Å². The van der Waals surface area contributed by atoms with Gasteiger partial charge in [-0.2, -0.15) is 4.31 Å².